The minimum atomic E-state index is -0.214. The van der Waals surface area contributed by atoms with Crippen molar-refractivity contribution in [2.45, 2.75) is 24.8 Å². The van der Waals surface area contributed by atoms with Gasteiger partial charge in [0.2, 0.25) is 0 Å². The van der Waals surface area contributed by atoms with Crippen molar-refractivity contribution in [2.75, 3.05) is 36.5 Å². The van der Waals surface area contributed by atoms with E-state index in [2.05, 4.69) is 75.4 Å². The molecule has 2 aromatic carbocycles. The summed E-state index contributed by atoms with van der Waals surface area (Å²) in [5.41, 5.74) is 14.5. The van der Waals surface area contributed by atoms with E-state index in [1.165, 1.54) is 12.0 Å². The van der Waals surface area contributed by atoms with Gasteiger partial charge in [-0.2, -0.15) is 0 Å². The summed E-state index contributed by atoms with van der Waals surface area (Å²) in [4.78, 5) is 17.2. The number of benzene rings is 2. The van der Waals surface area contributed by atoms with Gasteiger partial charge >= 0.3 is 0 Å². The van der Waals surface area contributed by atoms with Gasteiger partial charge in [-0.1, -0.05) is 36.4 Å². The van der Waals surface area contributed by atoms with Crippen LogP contribution in [0.5, 0.6) is 0 Å². The Labute approximate surface area is 238 Å². The van der Waals surface area contributed by atoms with Gasteiger partial charge in [-0.15, -0.1) is 0 Å². The number of nitrogens with one attached hydrogen (secondary N) is 1. The molecule has 8 rings (SSSR count). The number of nitrogens with two attached hydrogens (primary N) is 1. The summed E-state index contributed by atoms with van der Waals surface area (Å²) in [7, 11) is 0. The lowest BCUT2D eigenvalue weighted by atomic mass is 9.72. The Morgan fingerprint density at radius 2 is 1.66 bits per heavy atom. The number of hydrogen-bond acceptors (Lipinski definition) is 7. The molecular weight excluding hydrogens is 510 g/mol. The summed E-state index contributed by atoms with van der Waals surface area (Å²) in [5, 5.41) is 3.55. The number of anilines is 3. The highest BCUT2D eigenvalue weighted by atomic mass is 16.5. The minimum Gasteiger partial charge on any atom is -0.378 e. The zero-order valence-corrected chi connectivity index (χ0v) is 22.8. The van der Waals surface area contributed by atoms with E-state index in [-0.39, 0.29) is 5.54 Å². The summed E-state index contributed by atoms with van der Waals surface area (Å²) < 4.78 is 7.77. The molecule has 8 nitrogen and oxygen atoms in total. The zero-order chi connectivity index (χ0) is 27.4. The molecule has 1 saturated carbocycles. The number of hydrogen-bond donors (Lipinski definition) is 2. The van der Waals surface area contributed by atoms with E-state index in [1.807, 2.05) is 24.5 Å². The average Bonchev–Trinajstić information content (AvgIpc) is 3.35. The molecule has 5 heterocycles. The average molecular weight is 542 g/mol. The number of morpholine rings is 1. The highest BCUT2D eigenvalue weighted by molar-refractivity contribution is 5.90. The second kappa shape index (κ2) is 9.54. The largest absolute Gasteiger partial charge is 0.378 e. The van der Waals surface area contributed by atoms with E-state index in [9.17, 15) is 0 Å². The van der Waals surface area contributed by atoms with Crippen LogP contribution in [0.4, 0.5) is 17.3 Å². The summed E-state index contributed by atoms with van der Waals surface area (Å²) in [6.45, 7) is 3.14. The lowest BCUT2D eigenvalue weighted by Crippen LogP contribution is -2.43. The first kappa shape index (κ1) is 24.3. The maximum atomic E-state index is 6.68. The molecule has 0 radical (unpaired) electrons. The van der Waals surface area contributed by atoms with Crippen molar-refractivity contribution in [1.82, 2.24) is 19.5 Å². The highest BCUT2D eigenvalue weighted by Crippen LogP contribution is 2.45. The standard InChI is InChI=1S/C33H31N7O/c34-33(14-4-15-33)24-11-8-22(9-12-24)30-29(23-10-13-28(36-21-23)39-17-19-41-20-18-39)38-32-25-5-1-2-6-26(25)37-31-27(40(30)32)7-3-16-35-31/h1-3,5-13,16,21H,4,14-15,17-20,34H2,(H,35,37). The molecule has 5 aromatic rings. The van der Waals surface area contributed by atoms with Gasteiger partial charge in [-0.25, -0.2) is 15.0 Å². The number of imidazole rings is 1. The minimum absolute atomic E-state index is 0.214. The fraction of sp³-hybridized carbons (Fsp3) is 0.242. The molecule has 0 amide bonds. The maximum Gasteiger partial charge on any atom is 0.154 e. The van der Waals surface area contributed by atoms with Gasteiger partial charge in [0.1, 0.15) is 11.6 Å². The summed E-state index contributed by atoms with van der Waals surface area (Å²) in [5.74, 6) is 2.61. The third-order valence-corrected chi connectivity index (χ3v) is 8.66. The molecule has 1 aliphatic carbocycles. The zero-order valence-electron chi connectivity index (χ0n) is 22.8. The fourth-order valence-electron chi connectivity index (χ4n) is 6.20. The molecule has 41 heavy (non-hydrogen) atoms. The maximum absolute atomic E-state index is 6.68. The molecule has 0 spiro atoms. The van der Waals surface area contributed by atoms with Gasteiger partial charge in [-0.05, 0) is 61.2 Å². The van der Waals surface area contributed by atoms with Gasteiger partial charge in [0.05, 0.1) is 36.0 Å². The fourth-order valence-corrected chi connectivity index (χ4v) is 6.20. The second-order valence-corrected chi connectivity index (χ2v) is 11.1. The molecule has 204 valence electrons. The highest BCUT2D eigenvalue weighted by Gasteiger charge is 2.34. The van der Waals surface area contributed by atoms with Crippen LogP contribution in [-0.4, -0.2) is 45.8 Å². The Hall–Kier alpha value is -4.53. The number of fused-ring (bicyclic) bond motifs is 5. The van der Waals surface area contributed by atoms with E-state index in [0.29, 0.717) is 0 Å². The molecule has 0 bridgehead atoms. The molecule has 2 fully saturated rings. The number of pyridine rings is 2. The predicted molar refractivity (Wildman–Crippen MR) is 161 cm³/mol. The molecule has 1 saturated heterocycles. The van der Waals surface area contributed by atoms with Crippen molar-refractivity contribution in [3.05, 3.63) is 90.8 Å². The van der Waals surface area contributed by atoms with Gasteiger partial charge in [-0.3, -0.25) is 4.57 Å². The smallest absolute Gasteiger partial charge is 0.154 e. The van der Waals surface area contributed by atoms with Gasteiger partial charge in [0, 0.05) is 47.7 Å². The Morgan fingerprint density at radius 1 is 0.854 bits per heavy atom. The van der Waals surface area contributed by atoms with Crippen molar-refractivity contribution in [1.29, 1.82) is 0 Å². The van der Waals surface area contributed by atoms with Crippen LogP contribution < -0.4 is 16.0 Å². The van der Waals surface area contributed by atoms with Crippen molar-refractivity contribution in [2.24, 2.45) is 5.73 Å². The number of ether oxygens (including phenoxy) is 1. The monoisotopic (exact) mass is 541 g/mol. The first-order chi connectivity index (χ1) is 20.2. The van der Waals surface area contributed by atoms with E-state index in [4.69, 9.17) is 25.4 Å². The Kier molecular flexibility index (Phi) is 5.65. The molecule has 3 N–H and O–H groups in total. The molecule has 3 aromatic heterocycles. The topological polar surface area (TPSA) is 94.1 Å². The van der Waals surface area contributed by atoms with E-state index >= 15 is 0 Å². The van der Waals surface area contributed by atoms with Crippen LogP contribution in [0.2, 0.25) is 0 Å². The van der Waals surface area contributed by atoms with Crippen molar-refractivity contribution in [3.8, 4) is 39.6 Å². The summed E-state index contributed by atoms with van der Waals surface area (Å²) >= 11 is 0. The molecule has 2 aliphatic heterocycles. The van der Waals surface area contributed by atoms with Gasteiger partial charge in [0.25, 0.3) is 0 Å². The second-order valence-electron chi connectivity index (χ2n) is 11.1. The Morgan fingerprint density at radius 3 is 2.41 bits per heavy atom. The van der Waals surface area contributed by atoms with Gasteiger partial charge in [0.15, 0.2) is 5.82 Å². The Balaban J connectivity index is 1.34. The number of aromatic nitrogens is 4. The SMILES string of the molecule is NC1(c2ccc(-c3c(-c4ccc(N5CCOCC5)nc4)nc4n3-c3cccnc3Nc3ccccc3-4)cc2)CCC1. The van der Waals surface area contributed by atoms with Crippen molar-refractivity contribution >= 4 is 17.3 Å². The van der Waals surface area contributed by atoms with Crippen molar-refractivity contribution in [3.63, 3.8) is 0 Å². The van der Waals surface area contributed by atoms with Crippen LogP contribution in [0.1, 0.15) is 24.8 Å². The lowest BCUT2D eigenvalue weighted by molar-refractivity contribution is 0.122. The normalized spacial score (nSPS) is 17.0. The molecule has 0 unspecified atom stereocenters. The first-order valence-corrected chi connectivity index (χ1v) is 14.3. The molecule has 3 aliphatic rings. The number of para-hydroxylation sites is 1. The first-order valence-electron chi connectivity index (χ1n) is 14.3. The van der Waals surface area contributed by atoms with Crippen molar-refractivity contribution < 1.29 is 4.74 Å². The van der Waals surface area contributed by atoms with Gasteiger partial charge < -0.3 is 20.7 Å². The molecule has 0 atom stereocenters. The van der Waals surface area contributed by atoms with E-state index in [1.54, 1.807) is 0 Å². The molecule has 8 heteroatoms. The van der Waals surface area contributed by atoms with Crippen LogP contribution >= 0.6 is 0 Å². The van der Waals surface area contributed by atoms with E-state index in [0.717, 1.165) is 96.1 Å². The van der Waals surface area contributed by atoms with Crippen LogP contribution in [0.15, 0.2) is 85.2 Å². The van der Waals surface area contributed by atoms with Crippen LogP contribution in [0.3, 0.4) is 0 Å². The quantitative estimate of drug-likeness (QED) is 0.287. The predicted octanol–water partition coefficient (Wildman–Crippen LogP) is 5.89. The van der Waals surface area contributed by atoms with Crippen LogP contribution in [0.25, 0.3) is 39.6 Å². The van der Waals surface area contributed by atoms with Crippen LogP contribution in [-0.2, 0) is 10.3 Å². The third kappa shape index (κ3) is 4.02. The third-order valence-electron chi connectivity index (χ3n) is 8.66. The van der Waals surface area contributed by atoms with E-state index < -0.39 is 0 Å². The summed E-state index contributed by atoms with van der Waals surface area (Å²) in [6.07, 6.45) is 7.01. The number of nitrogens with zero attached hydrogens (tertiary/aromatic N) is 5. The molecular formula is C33H31N7O. The number of rotatable bonds is 4. The lowest BCUT2D eigenvalue weighted by Gasteiger charge is -2.38. The Bertz CT molecular complexity index is 1730. The summed E-state index contributed by atoms with van der Waals surface area (Å²) in [6, 6.07) is 25.3. The van der Waals surface area contributed by atoms with Crippen LogP contribution in [0, 0.1) is 0 Å².